The van der Waals surface area contributed by atoms with E-state index in [1.807, 2.05) is 60.8 Å². The SMILES string of the molecule is Cc1cccc(C)c1-c1ccc2c(n1)oc1c(-c3ccc(C(C)(C)C)cn3)[c-]ccc12.[Ir].[c-]1ccccc1-c1ccccn1. The van der Waals surface area contributed by atoms with Gasteiger partial charge in [-0.1, -0.05) is 74.2 Å². The molecular formula is C39H33IrN3O-2. The fourth-order valence-corrected chi connectivity index (χ4v) is 5.23. The molecule has 3 aromatic carbocycles. The van der Waals surface area contributed by atoms with Crippen LogP contribution in [0.5, 0.6) is 0 Å². The van der Waals surface area contributed by atoms with Gasteiger partial charge in [-0.15, -0.1) is 54.1 Å². The monoisotopic (exact) mass is 752 g/mol. The number of furan rings is 1. The van der Waals surface area contributed by atoms with Gasteiger partial charge in [0.2, 0.25) is 5.71 Å². The van der Waals surface area contributed by atoms with Gasteiger partial charge in [0.25, 0.3) is 0 Å². The summed E-state index contributed by atoms with van der Waals surface area (Å²) in [6.45, 7) is 10.8. The smallest absolute Gasteiger partial charge is 0.216 e. The molecule has 7 rings (SSSR count). The molecule has 4 nitrogen and oxygen atoms in total. The molecule has 1 radical (unpaired) electrons. The Morgan fingerprint density at radius 3 is 2.09 bits per heavy atom. The van der Waals surface area contributed by atoms with Crippen LogP contribution in [0.2, 0.25) is 0 Å². The van der Waals surface area contributed by atoms with E-state index >= 15 is 0 Å². The first-order chi connectivity index (χ1) is 20.8. The van der Waals surface area contributed by atoms with Crippen molar-refractivity contribution in [1.29, 1.82) is 0 Å². The Morgan fingerprint density at radius 2 is 1.43 bits per heavy atom. The molecule has 44 heavy (non-hydrogen) atoms. The molecule has 0 fully saturated rings. The van der Waals surface area contributed by atoms with Crippen molar-refractivity contribution in [3.8, 4) is 33.8 Å². The molecule has 0 aliphatic carbocycles. The van der Waals surface area contributed by atoms with Gasteiger partial charge in [-0.05, 0) is 65.5 Å². The molecule has 0 atom stereocenters. The normalized spacial score (nSPS) is 11.1. The number of benzene rings is 3. The van der Waals surface area contributed by atoms with Crippen LogP contribution < -0.4 is 0 Å². The Kier molecular flexibility index (Phi) is 9.19. The van der Waals surface area contributed by atoms with Crippen LogP contribution in [0.25, 0.3) is 55.8 Å². The van der Waals surface area contributed by atoms with Crippen molar-refractivity contribution in [2.75, 3.05) is 0 Å². The van der Waals surface area contributed by atoms with Gasteiger partial charge in [-0.25, -0.2) is 4.98 Å². The summed E-state index contributed by atoms with van der Waals surface area (Å²) in [6, 6.07) is 38.8. The van der Waals surface area contributed by atoms with Gasteiger partial charge in [-0.3, -0.25) is 0 Å². The first-order valence-corrected chi connectivity index (χ1v) is 14.4. The predicted molar refractivity (Wildman–Crippen MR) is 176 cm³/mol. The predicted octanol–water partition coefficient (Wildman–Crippen LogP) is 9.97. The van der Waals surface area contributed by atoms with Crippen molar-refractivity contribution >= 4 is 22.1 Å². The minimum absolute atomic E-state index is 0. The van der Waals surface area contributed by atoms with Crippen molar-refractivity contribution in [3.05, 3.63) is 138 Å². The molecule has 5 heteroatoms. The van der Waals surface area contributed by atoms with Crippen molar-refractivity contribution in [1.82, 2.24) is 15.0 Å². The molecule has 221 valence electrons. The van der Waals surface area contributed by atoms with Crippen LogP contribution in [0.4, 0.5) is 0 Å². The van der Waals surface area contributed by atoms with Gasteiger partial charge >= 0.3 is 0 Å². The first kappa shape index (κ1) is 31.0. The van der Waals surface area contributed by atoms with E-state index in [9.17, 15) is 0 Å². The zero-order valence-corrected chi connectivity index (χ0v) is 27.9. The molecule has 0 bridgehead atoms. The average Bonchev–Trinajstić information content (AvgIpc) is 3.40. The number of fused-ring (bicyclic) bond motifs is 3. The summed E-state index contributed by atoms with van der Waals surface area (Å²) in [5.41, 5.74) is 10.9. The van der Waals surface area contributed by atoms with Gasteiger partial charge in [0.15, 0.2) is 0 Å². The summed E-state index contributed by atoms with van der Waals surface area (Å²) in [4.78, 5) is 13.8. The maximum Gasteiger partial charge on any atom is 0.216 e. The van der Waals surface area contributed by atoms with Gasteiger partial charge in [0, 0.05) is 43.4 Å². The van der Waals surface area contributed by atoms with E-state index < -0.39 is 0 Å². The van der Waals surface area contributed by atoms with E-state index in [1.165, 1.54) is 16.7 Å². The second-order valence-corrected chi connectivity index (χ2v) is 11.7. The maximum atomic E-state index is 6.30. The maximum absolute atomic E-state index is 6.30. The summed E-state index contributed by atoms with van der Waals surface area (Å²) in [5, 5.41) is 2.04. The standard InChI is InChI=1S/C28H25N2O.C11H8N.Ir/c1-17-8-6-9-18(2)25(17)24-15-13-21-20-10-7-11-22(26(20)31-27(21)30-24)23-14-12-19(16-29-23)28(3,4)5;1-2-6-10(7-3-1)11-8-4-5-9-12-11;/h6-10,12-16H,1-5H3;1-6,8-9H;/q2*-1;. The van der Waals surface area contributed by atoms with Crippen LogP contribution in [0, 0.1) is 26.0 Å². The Morgan fingerprint density at radius 1 is 0.659 bits per heavy atom. The minimum Gasteiger partial charge on any atom is -0.486 e. The molecule has 0 aliphatic heterocycles. The number of pyridine rings is 3. The minimum atomic E-state index is 0. The van der Waals surface area contributed by atoms with E-state index in [4.69, 9.17) is 14.4 Å². The third kappa shape index (κ3) is 6.40. The number of aryl methyl sites for hydroxylation is 2. The fraction of sp³-hybridized carbons (Fsp3) is 0.154. The van der Waals surface area contributed by atoms with E-state index in [2.05, 4.69) is 94.2 Å². The summed E-state index contributed by atoms with van der Waals surface area (Å²) < 4.78 is 6.30. The molecule has 4 heterocycles. The van der Waals surface area contributed by atoms with Crippen LogP contribution >= 0.6 is 0 Å². The Labute approximate surface area is 272 Å². The topological polar surface area (TPSA) is 51.8 Å². The van der Waals surface area contributed by atoms with Crippen molar-refractivity contribution in [3.63, 3.8) is 0 Å². The summed E-state index contributed by atoms with van der Waals surface area (Å²) in [7, 11) is 0. The van der Waals surface area contributed by atoms with Crippen LogP contribution in [0.1, 0.15) is 37.5 Å². The number of hydrogen-bond donors (Lipinski definition) is 0. The van der Waals surface area contributed by atoms with E-state index in [1.54, 1.807) is 6.20 Å². The van der Waals surface area contributed by atoms with Crippen LogP contribution in [-0.4, -0.2) is 15.0 Å². The van der Waals surface area contributed by atoms with Crippen LogP contribution in [0.15, 0.2) is 114 Å². The first-order valence-electron chi connectivity index (χ1n) is 14.4. The Bertz CT molecular complexity index is 1950. The molecule has 0 amide bonds. The zero-order valence-electron chi connectivity index (χ0n) is 25.5. The quantitative estimate of drug-likeness (QED) is 0.169. The second-order valence-electron chi connectivity index (χ2n) is 11.7. The molecule has 0 saturated heterocycles. The molecule has 0 N–H and O–H groups in total. The molecular weight excluding hydrogens is 719 g/mol. The summed E-state index contributed by atoms with van der Waals surface area (Å²) in [5.74, 6) is 0. The molecule has 0 aliphatic rings. The van der Waals surface area contributed by atoms with Crippen LogP contribution in [0.3, 0.4) is 0 Å². The second kappa shape index (κ2) is 13.1. The summed E-state index contributed by atoms with van der Waals surface area (Å²) >= 11 is 0. The van der Waals surface area contributed by atoms with E-state index in [0.29, 0.717) is 5.71 Å². The van der Waals surface area contributed by atoms with Crippen molar-refractivity contribution in [2.24, 2.45) is 0 Å². The average molecular weight is 752 g/mol. The van der Waals surface area contributed by atoms with E-state index in [0.717, 1.165) is 50.1 Å². The van der Waals surface area contributed by atoms with E-state index in [-0.39, 0.29) is 25.5 Å². The molecule has 7 aromatic rings. The fourth-order valence-electron chi connectivity index (χ4n) is 5.23. The number of hydrogen-bond acceptors (Lipinski definition) is 4. The van der Waals surface area contributed by atoms with Gasteiger partial charge in [0.1, 0.15) is 0 Å². The van der Waals surface area contributed by atoms with Crippen molar-refractivity contribution in [2.45, 2.75) is 40.0 Å². The number of rotatable bonds is 3. The summed E-state index contributed by atoms with van der Waals surface area (Å²) in [6.07, 6.45) is 3.73. The Balaban J connectivity index is 0.000000248. The number of nitrogens with zero attached hydrogens (tertiary/aromatic N) is 3. The zero-order chi connectivity index (χ0) is 30.0. The molecule has 0 unspecified atom stereocenters. The van der Waals surface area contributed by atoms with Gasteiger partial charge in [-0.2, -0.15) is 0 Å². The van der Waals surface area contributed by atoms with Crippen LogP contribution in [-0.2, 0) is 25.5 Å². The molecule has 4 aromatic heterocycles. The van der Waals surface area contributed by atoms with Gasteiger partial charge < -0.3 is 14.4 Å². The Hall–Kier alpha value is -4.44. The van der Waals surface area contributed by atoms with Crippen molar-refractivity contribution < 1.29 is 24.5 Å². The van der Waals surface area contributed by atoms with Gasteiger partial charge in [0.05, 0.1) is 11.3 Å². The third-order valence-corrected chi connectivity index (χ3v) is 7.57. The molecule has 0 spiro atoms. The largest absolute Gasteiger partial charge is 0.486 e. The molecule has 0 saturated carbocycles. The number of aromatic nitrogens is 3. The third-order valence-electron chi connectivity index (χ3n) is 7.57.